The van der Waals surface area contributed by atoms with E-state index in [4.69, 9.17) is 9.47 Å². The second-order valence-electron chi connectivity index (χ2n) is 8.48. The molecule has 4 aromatic rings. The van der Waals surface area contributed by atoms with Crippen LogP contribution < -0.4 is 20.1 Å². The highest BCUT2D eigenvalue weighted by Gasteiger charge is 2.05. The predicted octanol–water partition coefficient (Wildman–Crippen LogP) is 6.37. The molecule has 36 heavy (non-hydrogen) atoms. The van der Waals surface area contributed by atoms with Gasteiger partial charge in [0.05, 0.1) is 19.8 Å². The summed E-state index contributed by atoms with van der Waals surface area (Å²) in [6.07, 6.45) is 2.76. The maximum atomic E-state index is 12.5. The van der Waals surface area contributed by atoms with Crippen LogP contribution in [0.25, 0.3) is 0 Å². The number of nitrogens with one attached hydrogen (secondary N) is 2. The molecule has 0 aliphatic carbocycles. The lowest BCUT2D eigenvalue weighted by atomic mass is 10.1. The molecule has 0 aromatic heterocycles. The molecule has 0 bridgehead atoms. The van der Waals surface area contributed by atoms with E-state index in [9.17, 15) is 4.79 Å². The summed E-state index contributed by atoms with van der Waals surface area (Å²) in [4.78, 5) is 12.5. The van der Waals surface area contributed by atoms with Crippen molar-refractivity contribution in [3.8, 4) is 11.5 Å². The molecule has 0 unspecified atom stereocenters. The number of amides is 1. The SMILES string of the molecule is O=C(CNc1cccc(OCCCc2ccccc2)c1)Nc1cccc(OCCc2ccccc2)c1. The smallest absolute Gasteiger partial charge is 0.243 e. The highest BCUT2D eigenvalue weighted by atomic mass is 16.5. The van der Waals surface area contributed by atoms with E-state index in [1.807, 2.05) is 72.8 Å². The molecule has 0 spiro atoms. The number of aryl methyl sites for hydroxylation is 1. The van der Waals surface area contributed by atoms with Gasteiger partial charge in [-0.25, -0.2) is 0 Å². The molecule has 4 rings (SSSR count). The normalized spacial score (nSPS) is 10.4. The minimum Gasteiger partial charge on any atom is -0.494 e. The van der Waals surface area contributed by atoms with Crippen molar-refractivity contribution < 1.29 is 14.3 Å². The maximum Gasteiger partial charge on any atom is 0.243 e. The largest absolute Gasteiger partial charge is 0.494 e. The van der Waals surface area contributed by atoms with E-state index < -0.39 is 0 Å². The van der Waals surface area contributed by atoms with Crippen molar-refractivity contribution in [1.82, 2.24) is 0 Å². The molecule has 0 heterocycles. The van der Waals surface area contributed by atoms with Gasteiger partial charge in [-0.15, -0.1) is 0 Å². The van der Waals surface area contributed by atoms with Crippen LogP contribution in [-0.4, -0.2) is 25.7 Å². The Kier molecular flexibility index (Phi) is 9.39. The zero-order chi connectivity index (χ0) is 24.8. The summed E-state index contributed by atoms with van der Waals surface area (Å²) in [5.74, 6) is 1.38. The Morgan fingerprint density at radius 2 is 1.19 bits per heavy atom. The minimum atomic E-state index is -0.134. The number of rotatable bonds is 13. The third-order valence-electron chi connectivity index (χ3n) is 5.63. The number of ether oxygens (including phenoxy) is 2. The van der Waals surface area contributed by atoms with Gasteiger partial charge in [-0.3, -0.25) is 4.79 Å². The van der Waals surface area contributed by atoms with Crippen LogP contribution in [0.4, 0.5) is 11.4 Å². The topological polar surface area (TPSA) is 59.6 Å². The third-order valence-corrected chi connectivity index (χ3v) is 5.63. The van der Waals surface area contributed by atoms with Crippen molar-refractivity contribution in [1.29, 1.82) is 0 Å². The molecule has 0 radical (unpaired) electrons. The van der Waals surface area contributed by atoms with Gasteiger partial charge in [0.2, 0.25) is 5.91 Å². The molecule has 5 heteroatoms. The average molecular weight is 481 g/mol. The summed E-state index contributed by atoms with van der Waals surface area (Å²) in [5.41, 5.74) is 4.08. The monoisotopic (exact) mass is 480 g/mol. The van der Waals surface area contributed by atoms with Gasteiger partial charge in [-0.05, 0) is 48.2 Å². The first-order valence-corrected chi connectivity index (χ1v) is 12.3. The third kappa shape index (κ3) is 8.51. The second-order valence-corrected chi connectivity index (χ2v) is 8.48. The molecule has 0 fully saturated rings. The van der Waals surface area contributed by atoms with E-state index in [1.54, 1.807) is 0 Å². The zero-order valence-electron chi connectivity index (χ0n) is 20.4. The van der Waals surface area contributed by atoms with Crippen molar-refractivity contribution in [2.24, 2.45) is 0 Å². The Bertz CT molecular complexity index is 1210. The summed E-state index contributed by atoms with van der Waals surface area (Å²) in [7, 11) is 0. The minimum absolute atomic E-state index is 0.134. The van der Waals surface area contributed by atoms with Crippen LogP contribution in [0.5, 0.6) is 11.5 Å². The van der Waals surface area contributed by atoms with Crippen LogP contribution >= 0.6 is 0 Å². The zero-order valence-corrected chi connectivity index (χ0v) is 20.4. The average Bonchev–Trinajstić information content (AvgIpc) is 2.92. The van der Waals surface area contributed by atoms with E-state index in [2.05, 4.69) is 47.0 Å². The molecule has 0 aliphatic rings. The molecule has 0 saturated carbocycles. The first kappa shape index (κ1) is 24.9. The van der Waals surface area contributed by atoms with E-state index in [1.165, 1.54) is 11.1 Å². The number of carbonyl (C=O) groups is 1. The molecular formula is C31H32N2O3. The fourth-order valence-corrected chi connectivity index (χ4v) is 3.79. The van der Waals surface area contributed by atoms with Gasteiger partial charge in [0.25, 0.3) is 0 Å². The number of hydrogen-bond acceptors (Lipinski definition) is 4. The Labute approximate surface area is 213 Å². The van der Waals surface area contributed by atoms with Gasteiger partial charge < -0.3 is 20.1 Å². The standard InChI is InChI=1S/C31H32N2O3/c34-31(33-28-16-8-18-30(23-28)36-21-19-26-12-5-2-6-13-26)24-32-27-15-7-17-29(22-27)35-20-9-14-25-10-3-1-4-11-25/h1-8,10-13,15-18,22-23,32H,9,14,19-21,24H2,(H,33,34). The Hall–Kier alpha value is -4.25. The van der Waals surface area contributed by atoms with E-state index in [-0.39, 0.29) is 12.5 Å². The molecule has 5 nitrogen and oxygen atoms in total. The van der Waals surface area contributed by atoms with Crippen LogP contribution in [0, 0.1) is 0 Å². The Morgan fingerprint density at radius 1 is 0.611 bits per heavy atom. The number of anilines is 2. The van der Waals surface area contributed by atoms with Crippen LogP contribution in [0.3, 0.4) is 0 Å². The highest BCUT2D eigenvalue weighted by Crippen LogP contribution is 2.19. The molecule has 184 valence electrons. The van der Waals surface area contributed by atoms with Gasteiger partial charge in [0, 0.05) is 29.9 Å². The lowest BCUT2D eigenvalue weighted by molar-refractivity contribution is -0.114. The molecule has 0 saturated heterocycles. The molecule has 4 aromatic carbocycles. The molecule has 2 N–H and O–H groups in total. The molecule has 0 atom stereocenters. The van der Waals surface area contributed by atoms with Crippen molar-refractivity contribution in [3.05, 3.63) is 120 Å². The van der Waals surface area contributed by atoms with Crippen LogP contribution in [-0.2, 0) is 17.6 Å². The lowest BCUT2D eigenvalue weighted by Gasteiger charge is -2.11. The van der Waals surface area contributed by atoms with Crippen molar-refractivity contribution in [3.63, 3.8) is 0 Å². The Morgan fingerprint density at radius 3 is 1.89 bits per heavy atom. The van der Waals surface area contributed by atoms with Gasteiger partial charge >= 0.3 is 0 Å². The first-order chi connectivity index (χ1) is 17.7. The lowest BCUT2D eigenvalue weighted by Crippen LogP contribution is -2.21. The van der Waals surface area contributed by atoms with Crippen LogP contribution in [0.2, 0.25) is 0 Å². The van der Waals surface area contributed by atoms with Crippen molar-refractivity contribution >= 4 is 17.3 Å². The number of benzene rings is 4. The predicted molar refractivity (Wildman–Crippen MR) is 146 cm³/mol. The van der Waals surface area contributed by atoms with E-state index in [0.717, 1.165) is 36.4 Å². The second kappa shape index (κ2) is 13.6. The highest BCUT2D eigenvalue weighted by molar-refractivity contribution is 5.93. The molecule has 0 aliphatic heterocycles. The fraction of sp³-hybridized carbons (Fsp3) is 0.194. The molecule has 1 amide bonds. The number of carbonyl (C=O) groups excluding carboxylic acids is 1. The summed E-state index contributed by atoms with van der Waals surface area (Å²) in [5, 5.41) is 6.09. The van der Waals surface area contributed by atoms with E-state index in [0.29, 0.717) is 18.9 Å². The maximum absolute atomic E-state index is 12.5. The summed E-state index contributed by atoms with van der Waals surface area (Å²) in [6.45, 7) is 1.37. The van der Waals surface area contributed by atoms with E-state index >= 15 is 0 Å². The van der Waals surface area contributed by atoms with Crippen LogP contribution in [0.15, 0.2) is 109 Å². The Balaban J connectivity index is 1.18. The quantitative estimate of drug-likeness (QED) is 0.218. The summed E-state index contributed by atoms with van der Waals surface area (Å²) in [6, 6.07) is 35.8. The molecular weight excluding hydrogens is 448 g/mol. The van der Waals surface area contributed by atoms with Gasteiger partial charge in [-0.1, -0.05) is 72.8 Å². The van der Waals surface area contributed by atoms with Crippen molar-refractivity contribution in [2.75, 3.05) is 30.4 Å². The fourth-order valence-electron chi connectivity index (χ4n) is 3.79. The summed E-state index contributed by atoms with van der Waals surface area (Å²) < 4.78 is 11.7. The van der Waals surface area contributed by atoms with Gasteiger partial charge in [-0.2, -0.15) is 0 Å². The van der Waals surface area contributed by atoms with Gasteiger partial charge in [0.1, 0.15) is 11.5 Å². The first-order valence-electron chi connectivity index (χ1n) is 12.3. The summed E-state index contributed by atoms with van der Waals surface area (Å²) >= 11 is 0. The van der Waals surface area contributed by atoms with Crippen molar-refractivity contribution in [2.45, 2.75) is 19.3 Å². The number of hydrogen-bond donors (Lipinski definition) is 2. The van der Waals surface area contributed by atoms with Gasteiger partial charge in [0.15, 0.2) is 0 Å². The van der Waals surface area contributed by atoms with Crippen LogP contribution in [0.1, 0.15) is 17.5 Å².